The molecule has 2 rings (SSSR count). The summed E-state index contributed by atoms with van der Waals surface area (Å²) in [6, 6.07) is 11.1. The first kappa shape index (κ1) is 19.1. The van der Waals surface area contributed by atoms with Crippen molar-refractivity contribution < 1.29 is 24.0 Å². The highest BCUT2D eigenvalue weighted by atomic mass is 16.6. The van der Waals surface area contributed by atoms with Gasteiger partial charge in [0, 0.05) is 12.1 Å². The number of benzene rings is 2. The van der Waals surface area contributed by atoms with Crippen molar-refractivity contribution in [2.45, 2.75) is 26.2 Å². The molecule has 7 heteroatoms. The first-order chi connectivity index (χ1) is 12.5. The molecular weight excluding hydrogens is 338 g/mol. The van der Waals surface area contributed by atoms with E-state index in [0.717, 1.165) is 19.3 Å². The van der Waals surface area contributed by atoms with Crippen LogP contribution in [0.3, 0.4) is 0 Å². The Bertz CT molecular complexity index is 768. The SMILES string of the molecule is CCCCCOC(=O)c1ccc(C(=O)Oc2ccc([N+](=O)[O-])cc2)cc1. The number of unbranched alkanes of at least 4 members (excludes halogenated alkanes) is 2. The van der Waals surface area contributed by atoms with Crippen LogP contribution in [0.15, 0.2) is 48.5 Å². The molecule has 0 unspecified atom stereocenters. The normalized spacial score (nSPS) is 10.2. The Morgan fingerprint density at radius 3 is 2.04 bits per heavy atom. The van der Waals surface area contributed by atoms with Crippen molar-refractivity contribution in [1.82, 2.24) is 0 Å². The number of carbonyl (C=O) groups is 2. The summed E-state index contributed by atoms with van der Waals surface area (Å²) in [6.45, 7) is 2.44. The number of esters is 2. The molecule has 0 bridgehead atoms. The average molecular weight is 357 g/mol. The van der Waals surface area contributed by atoms with Gasteiger partial charge in [0.15, 0.2) is 0 Å². The fraction of sp³-hybridized carbons (Fsp3) is 0.263. The molecular formula is C19H19NO6. The molecule has 26 heavy (non-hydrogen) atoms. The molecule has 2 aromatic carbocycles. The van der Waals surface area contributed by atoms with Gasteiger partial charge in [-0.3, -0.25) is 10.1 Å². The summed E-state index contributed by atoms with van der Waals surface area (Å²) in [5.74, 6) is -0.863. The van der Waals surface area contributed by atoms with Crippen LogP contribution < -0.4 is 4.74 Å². The van der Waals surface area contributed by atoms with Crippen molar-refractivity contribution >= 4 is 17.6 Å². The van der Waals surface area contributed by atoms with E-state index in [1.807, 2.05) is 0 Å². The maximum absolute atomic E-state index is 12.1. The fourth-order valence-corrected chi connectivity index (χ4v) is 2.14. The lowest BCUT2D eigenvalue weighted by Crippen LogP contribution is -2.10. The molecule has 136 valence electrons. The maximum Gasteiger partial charge on any atom is 0.343 e. The molecule has 0 fully saturated rings. The number of nitrogens with zero attached hydrogens (tertiary/aromatic N) is 1. The summed E-state index contributed by atoms with van der Waals surface area (Å²) in [7, 11) is 0. The van der Waals surface area contributed by atoms with E-state index in [1.165, 1.54) is 48.5 Å². The van der Waals surface area contributed by atoms with Crippen LogP contribution in [0.2, 0.25) is 0 Å². The highest BCUT2D eigenvalue weighted by molar-refractivity contribution is 5.94. The van der Waals surface area contributed by atoms with Crippen LogP contribution in [0.25, 0.3) is 0 Å². The number of nitro groups is 1. The van der Waals surface area contributed by atoms with E-state index < -0.39 is 16.9 Å². The second kappa shape index (κ2) is 9.31. The molecule has 7 nitrogen and oxygen atoms in total. The first-order valence-corrected chi connectivity index (χ1v) is 8.25. The summed E-state index contributed by atoms with van der Waals surface area (Å²) in [5.41, 5.74) is 0.519. The fourth-order valence-electron chi connectivity index (χ4n) is 2.14. The zero-order valence-electron chi connectivity index (χ0n) is 14.3. The van der Waals surface area contributed by atoms with Gasteiger partial charge in [-0.05, 0) is 42.8 Å². The summed E-state index contributed by atoms with van der Waals surface area (Å²) in [4.78, 5) is 34.0. The third-order valence-corrected chi connectivity index (χ3v) is 3.60. The summed E-state index contributed by atoms with van der Waals surface area (Å²) in [6.07, 6.45) is 2.87. The van der Waals surface area contributed by atoms with Crippen LogP contribution in [0.4, 0.5) is 5.69 Å². The lowest BCUT2D eigenvalue weighted by atomic mass is 10.1. The van der Waals surface area contributed by atoms with E-state index in [1.54, 1.807) is 0 Å². The topological polar surface area (TPSA) is 95.7 Å². The molecule has 0 heterocycles. The highest BCUT2D eigenvalue weighted by Gasteiger charge is 2.12. The Labute approximate surface area is 150 Å². The lowest BCUT2D eigenvalue weighted by molar-refractivity contribution is -0.384. The molecule has 0 aliphatic carbocycles. The Morgan fingerprint density at radius 2 is 1.50 bits per heavy atom. The average Bonchev–Trinajstić information content (AvgIpc) is 2.65. The van der Waals surface area contributed by atoms with E-state index in [9.17, 15) is 19.7 Å². The van der Waals surface area contributed by atoms with Gasteiger partial charge in [0.2, 0.25) is 0 Å². The zero-order chi connectivity index (χ0) is 18.9. The van der Waals surface area contributed by atoms with Gasteiger partial charge in [0.25, 0.3) is 5.69 Å². The summed E-state index contributed by atoms with van der Waals surface area (Å²) < 4.78 is 10.3. The van der Waals surface area contributed by atoms with Gasteiger partial charge in [0.05, 0.1) is 22.7 Å². The second-order valence-electron chi connectivity index (χ2n) is 5.56. The van der Waals surface area contributed by atoms with Crippen LogP contribution in [-0.4, -0.2) is 23.5 Å². The molecule has 0 atom stereocenters. The van der Waals surface area contributed by atoms with Crippen molar-refractivity contribution in [1.29, 1.82) is 0 Å². The zero-order valence-corrected chi connectivity index (χ0v) is 14.3. The van der Waals surface area contributed by atoms with Gasteiger partial charge in [-0.1, -0.05) is 19.8 Å². The van der Waals surface area contributed by atoms with Crippen molar-refractivity contribution in [3.63, 3.8) is 0 Å². The molecule has 0 spiro atoms. The van der Waals surface area contributed by atoms with E-state index in [0.29, 0.717) is 12.2 Å². The Morgan fingerprint density at radius 1 is 0.923 bits per heavy atom. The van der Waals surface area contributed by atoms with E-state index in [4.69, 9.17) is 9.47 Å². The van der Waals surface area contributed by atoms with Gasteiger partial charge >= 0.3 is 11.9 Å². The van der Waals surface area contributed by atoms with Crippen molar-refractivity contribution in [2.75, 3.05) is 6.61 Å². The smallest absolute Gasteiger partial charge is 0.343 e. The minimum atomic E-state index is -0.623. The van der Waals surface area contributed by atoms with Gasteiger partial charge in [-0.15, -0.1) is 0 Å². The van der Waals surface area contributed by atoms with E-state index >= 15 is 0 Å². The molecule has 0 aliphatic heterocycles. The lowest BCUT2D eigenvalue weighted by Gasteiger charge is -2.06. The third-order valence-electron chi connectivity index (χ3n) is 3.60. The molecule has 0 N–H and O–H groups in total. The molecule has 2 aromatic rings. The molecule has 0 aliphatic rings. The number of hydrogen-bond donors (Lipinski definition) is 0. The highest BCUT2D eigenvalue weighted by Crippen LogP contribution is 2.18. The summed E-state index contributed by atoms with van der Waals surface area (Å²) >= 11 is 0. The summed E-state index contributed by atoms with van der Waals surface area (Å²) in [5, 5.41) is 10.6. The monoisotopic (exact) mass is 357 g/mol. The van der Waals surface area contributed by atoms with Crippen LogP contribution >= 0.6 is 0 Å². The number of carbonyl (C=O) groups excluding carboxylic acids is 2. The van der Waals surface area contributed by atoms with Gasteiger partial charge in [-0.25, -0.2) is 9.59 Å². The Kier molecular flexibility index (Phi) is 6.84. The number of rotatable bonds is 8. The number of non-ortho nitro benzene ring substituents is 1. The predicted molar refractivity (Wildman–Crippen MR) is 94.3 cm³/mol. The van der Waals surface area contributed by atoms with E-state index in [2.05, 4.69) is 6.92 Å². The second-order valence-corrected chi connectivity index (χ2v) is 5.56. The molecule has 0 radical (unpaired) electrons. The number of hydrogen-bond acceptors (Lipinski definition) is 6. The number of ether oxygens (including phenoxy) is 2. The van der Waals surface area contributed by atoms with Gasteiger partial charge < -0.3 is 9.47 Å². The third kappa shape index (κ3) is 5.41. The van der Waals surface area contributed by atoms with Crippen molar-refractivity contribution in [2.24, 2.45) is 0 Å². The Hall–Kier alpha value is -3.22. The first-order valence-electron chi connectivity index (χ1n) is 8.25. The van der Waals surface area contributed by atoms with Gasteiger partial charge in [-0.2, -0.15) is 0 Å². The number of nitro benzene ring substituents is 1. The van der Waals surface area contributed by atoms with Crippen LogP contribution in [0.1, 0.15) is 46.9 Å². The maximum atomic E-state index is 12.1. The molecule has 0 amide bonds. The molecule has 0 saturated heterocycles. The van der Waals surface area contributed by atoms with Crippen molar-refractivity contribution in [3.8, 4) is 5.75 Å². The van der Waals surface area contributed by atoms with Crippen LogP contribution in [0.5, 0.6) is 5.75 Å². The van der Waals surface area contributed by atoms with Crippen LogP contribution in [-0.2, 0) is 4.74 Å². The molecule has 0 saturated carbocycles. The standard InChI is InChI=1S/C19H19NO6/c1-2-3-4-13-25-18(21)14-5-7-15(8-6-14)19(22)26-17-11-9-16(10-12-17)20(23)24/h5-12H,2-4,13H2,1H3. The van der Waals surface area contributed by atoms with Crippen molar-refractivity contribution in [3.05, 3.63) is 69.8 Å². The predicted octanol–water partition coefficient (Wildman–Crippen LogP) is 4.16. The largest absolute Gasteiger partial charge is 0.462 e. The minimum absolute atomic E-state index is 0.0911. The minimum Gasteiger partial charge on any atom is -0.462 e. The van der Waals surface area contributed by atoms with Crippen LogP contribution in [0, 0.1) is 10.1 Å². The Balaban J connectivity index is 1.93. The molecule has 0 aromatic heterocycles. The quantitative estimate of drug-likeness (QED) is 0.231. The van der Waals surface area contributed by atoms with E-state index in [-0.39, 0.29) is 17.0 Å². The van der Waals surface area contributed by atoms with Gasteiger partial charge in [0.1, 0.15) is 5.75 Å².